The maximum Gasteiger partial charge on any atom is 0.263 e. The van der Waals surface area contributed by atoms with Crippen LogP contribution in [0.25, 0.3) is 10.2 Å². The van der Waals surface area contributed by atoms with Crippen LogP contribution in [0.4, 0.5) is 0 Å². The van der Waals surface area contributed by atoms with Crippen LogP contribution in [0.3, 0.4) is 0 Å². The van der Waals surface area contributed by atoms with E-state index >= 15 is 0 Å². The highest BCUT2D eigenvalue weighted by Gasteiger charge is 2.18. The van der Waals surface area contributed by atoms with Crippen molar-refractivity contribution in [2.75, 3.05) is 19.9 Å². The second-order valence-electron chi connectivity index (χ2n) is 6.79. The highest BCUT2D eigenvalue weighted by molar-refractivity contribution is 7.99. The van der Waals surface area contributed by atoms with Gasteiger partial charge < -0.3 is 9.64 Å². The van der Waals surface area contributed by atoms with Crippen molar-refractivity contribution in [2.24, 2.45) is 0 Å². The Morgan fingerprint density at radius 3 is 2.59 bits per heavy atom. The smallest absolute Gasteiger partial charge is 0.263 e. The molecule has 2 heterocycles. The molecule has 0 bridgehead atoms. The van der Waals surface area contributed by atoms with Crippen LogP contribution < -0.4 is 10.3 Å². The van der Waals surface area contributed by atoms with E-state index in [2.05, 4.69) is 4.98 Å². The number of amides is 1. The fraction of sp³-hybridized carbons (Fsp3) is 0.381. The van der Waals surface area contributed by atoms with E-state index in [1.165, 1.54) is 23.1 Å². The molecule has 0 saturated heterocycles. The zero-order valence-electron chi connectivity index (χ0n) is 17.3. The first-order chi connectivity index (χ1) is 13.8. The third-order valence-electron chi connectivity index (χ3n) is 4.90. The molecule has 0 radical (unpaired) electrons. The van der Waals surface area contributed by atoms with Crippen molar-refractivity contribution >= 4 is 39.2 Å². The fourth-order valence-electron chi connectivity index (χ4n) is 3.03. The molecule has 0 saturated carbocycles. The second kappa shape index (κ2) is 9.00. The molecule has 8 heteroatoms. The van der Waals surface area contributed by atoms with Crippen molar-refractivity contribution in [3.63, 3.8) is 0 Å². The average Bonchev–Trinajstić information content (AvgIpc) is 3.00. The molecule has 154 valence electrons. The normalized spacial score (nSPS) is 11.1. The Morgan fingerprint density at radius 1 is 1.28 bits per heavy atom. The molecule has 3 aromatic rings. The minimum absolute atomic E-state index is 0.0126. The van der Waals surface area contributed by atoms with E-state index in [1.54, 1.807) is 23.6 Å². The largest absolute Gasteiger partial charge is 0.497 e. The van der Waals surface area contributed by atoms with E-state index in [0.29, 0.717) is 23.6 Å². The molecule has 0 aliphatic carbocycles. The minimum Gasteiger partial charge on any atom is -0.497 e. The zero-order valence-corrected chi connectivity index (χ0v) is 18.9. The van der Waals surface area contributed by atoms with Gasteiger partial charge in [0.15, 0.2) is 5.16 Å². The lowest BCUT2D eigenvalue weighted by molar-refractivity contribution is -0.127. The topological polar surface area (TPSA) is 64.4 Å². The van der Waals surface area contributed by atoms with E-state index in [9.17, 15) is 9.59 Å². The number of carbonyl (C=O) groups is 1. The van der Waals surface area contributed by atoms with Gasteiger partial charge in [-0.25, -0.2) is 4.98 Å². The van der Waals surface area contributed by atoms with Crippen molar-refractivity contribution in [1.82, 2.24) is 14.5 Å². The average molecular weight is 432 g/mol. The highest BCUT2D eigenvalue weighted by Crippen LogP contribution is 2.28. The number of ether oxygens (including phenoxy) is 1. The van der Waals surface area contributed by atoms with Gasteiger partial charge in [0.05, 0.1) is 18.2 Å². The van der Waals surface area contributed by atoms with Crippen LogP contribution in [-0.4, -0.2) is 40.3 Å². The number of aryl methyl sites for hydroxylation is 2. The van der Waals surface area contributed by atoms with Crippen molar-refractivity contribution in [2.45, 2.75) is 39.0 Å². The SMILES string of the molecule is CCn1c(SCC(=O)N(C)Cc2ccc(OC)cc2)nc2sc(C)c(C)c2c1=O. The Morgan fingerprint density at radius 2 is 1.97 bits per heavy atom. The molecule has 6 nitrogen and oxygen atoms in total. The third-order valence-corrected chi connectivity index (χ3v) is 6.96. The molecule has 0 spiro atoms. The summed E-state index contributed by atoms with van der Waals surface area (Å²) in [6.45, 7) is 6.92. The number of rotatable bonds is 7. The minimum atomic E-state index is -0.0270. The quantitative estimate of drug-likeness (QED) is 0.420. The summed E-state index contributed by atoms with van der Waals surface area (Å²) >= 11 is 2.84. The molecule has 0 aliphatic rings. The second-order valence-corrected chi connectivity index (χ2v) is 8.94. The zero-order chi connectivity index (χ0) is 21.1. The third kappa shape index (κ3) is 4.48. The van der Waals surface area contributed by atoms with Gasteiger partial charge >= 0.3 is 0 Å². The van der Waals surface area contributed by atoms with Crippen molar-refractivity contribution in [3.8, 4) is 5.75 Å². The summed E-state index contributed by atoms with van der Waals surface area (Å²) in [6, 6.07) is 7.65. The van der Waals surface area contributed by atoms with Gasteiger partial charge in [-0.15, -0.1) is 11.3 Å². The first kappa shape index (κ1) is 21.4. The summed E-state index contributed by atoms with van der Waals surface area (Å²) < 4.78 is 6.82. The van der Waals surface area contributed by atoms with Gasteiger partial charge in [0.2, 0.25) is 5.91 Å². The lowest BCUT2D eigenvalue weighted by atomic mass is 10.2. The standard InChI is InChI=1S/C21H25N3O3S2/c1-6-24-20(26)18-13(2)14(3)29-19(18)22-21(24)28-12-17(25)23(4)11-15-7-9-16(27-5)10-8-15/h7-10H,6,11-12H2,1-5H3. The van der Waals surface area contributed by atoms with E-state index < -0.39 is 0 Å². The number of aromatic nitrogens is 2. The maximum atomic E-state index is 12.9. The summed E-state index contributed by atoms with van der Waals surface area (Å²) in [4.78, 5) is 33.7. The Bertz CT molecular complexity index is 1090. The number of thiophene rings is 1. The van der Waals surface area contributed by atoms with Gasteiger partial charge in [0, 0.05) is 25.0 Å². The van der Waals surface area contributed by atoms with E-state index in [-0.39, 0.29) is 17.2 Å². The van der Waals surface area contributed by atoms with Gasteiger partial charge in [-0.05, 0) is 44.0 Å². The Kier molecular flexibility index (Phi) is 6.64. The van der Waals surface area contributed by atoms with E-state index in [0.717, 1.165) is 26.6 Å². The number of fused-ring (bicyclic) bond motifs is 1. The molecule has 1 aromatic carbocycles. The predicted molar refractivity (Wildman–Crippen MR) is 119 cm³/mol. The lowest BCUT2D eigenvalue weighted by Gasteiger charge is -2.18. The number of thioether (sulfide) groups is 1. The predicted octanol–water partition coefficient (Wildman–Crippen LogP) is 3.85. The van der Waals surface area contributed by atoms with Crippen LogP contribution in [0, 0.1) is 13.8 Å². The van der Waals surface area contributed by atoms with Crippen LogP contribution in [0.2, 0.25) is 0 Å². The summed E-state index contributed by atoms with van der Waals surface area (Å²) in [5, 5.41) is 1.29. The molecule has 3 rings (SSSR count). The molecule has 0 fully saturated rings. The van der Waals surface area contributed by atoms with Crippen molar-refractivity contribution in [3.05, 3.63) is 50.6 Å². The first-order valence-electron chi connectivity index (χ1n) is 9.35. The molecule has 1 amide bonds. The van der Waals surface area contributed by atoms with Gasteiger partial charge in [-0.2, -0.15) is 0 Å². The van der Waals surface area contributed by atoms with Crippen molar-refractivity contribution < 1.29 is 9.53 Å². The number of hydrogen-bond donors (Lipinski definition) is 0. The molecule has 0 N–H and O–H groups in total. The van der Waals surface area contributed by atoms with Gasteiger partial charge in [-0.1, -0.05) is 23.9 Å². The van der Waals surface area contributed by atoms with Crippen LogP contribution >= 0.6 is 23.1 Å². The molecule has 0 atom stereocenters. The van der Waals surface area contributed by atoms with E-state index in [1.807, 2.05) is 45.0 Å². The molecule has 29 heavy (non-hydrogen) atoms. The highest BCUT2D eigenvalue weighted by atomic mass is 32.2. The Hall–Kier alpha value is -2.32. The van der Waals surface area contributed by atoms with Crippen LogP contribution in [-0.2, 0) is 17.9 Å². The number of hydrogen-bond acceptors (Lipinski definition) is 6. The molecule has 2 aromatic heterocycles. The molecular weight excluding hydrogens is 406 g/mol. The van der Waals surface area contributed by atoms with Crippen LogP contribution in [0.15, 0.2) is 34.2 Å². The summed E-state index contributed by atoms with van der Waals surface area (Å²) in [6.07, 6.45) is 0. The Labute approximate surface area is 178 Å². The number of carbonyl (C=O) groups excluding carboxylic acids is 1. The van der Waals surface area contributed by atoms with E-state index in [4.69, 9.17) is 4.74 Å². The summed E-state index contributed by atoms with van der Waals surface area (Å²) in [7, 11) is 3.41. The van der Waals surface area contributed by atoms with Gasteiger partial charge in [-0.3, -0.25) is 14.2 Å². The van der Waals surface area contributed by atoms with Gasteiger partial charge in [0.1, 0.15) is 10.6 Å². The first-order valence-corrected chi connectivity index (χ1v) is 11.2. The molecule has 0 aliphatic heterocycles. The lowest BCUT2D eigenvalue weighted by Crippen LogP contribution is -2.28. The maximum absolute atomic E-state index is 12.9. The molecular formula is C21H25N3O3S2. The van der Waals surface area contributed by atoms with Crippen LogP contribution in [0.5, 0.6) is 5.75 Å². The summed E-state index contributed by atoms with van der Waals surface area (Å²) in [5.74, 6) is 1.01. The monoisotopic (exact) mass is 431 g/mol. The summed E-state index contributed by atoms with van der Waals surface area (Å²) in [5.41, 5.74) is 2.00. The number of benzene rings is 1. The fourth-order valence-corrected chi connectivity index (χ4v) is 5.10. The number of methoxy groups -OCH3 is 1. The Balaban J connectivity index is 1.73. The van der Waals surface area contributed by atoms with Crippen LogP contribution in [0.1, 0.15) is 22.9 Å². The molecule has 0 unspecified atom stereocenters. The number of nitrogens with zero attached hydrogens (tertiary/aromatic N) is 3. The van der Waals surface area contributed by atoms with Crippen molar-refractivity contribution in [1.29, 1.82) is 0 Å². The van der Waals surface area contributed by atoms with Gasteiger partial charge in [0.25, 0.3) is 5.56 Å².